The van der Waals surface area contributed by atoms with Gasteiger partial charge in [0.2, 0.25) is 0 Å². The Balaban J connectivity index is 1.21. The highest BCUT2D eigenvalue weighted by Gasteiger charge is 2.20. The van der Waals surface area contributed by atoms with Crippen LogP contribution in [-0.4, -0.2) is 49.1 Å². The molecule has 0 radical (unpaired) electrons. The first-order valence-electron chi connectivity index (χ1n) is 13.9. The maximum atomic E-state index is 13.1. The average Bonchev–Trinajstić information content (AvgIpc) is 3.19. The van der Waals surface area contributed by atoms with Gasteiger partial charge in [0.25, 0.3) is 5.56 Å². The molecule has 212 valence electrons. The van der Waals surface area contributed by atoms with Gasteiger partial charge in [-0.15, -0.1) is 0 Å². The van der Waals surface area contributed by atoms with E-state index in [4.69, 9.17) is 4.98 Å². The molecular weight excluding hydrogens is 524 g/mol. The van der Waals surface area contributed by atoms with Crippen molar-refractivity contribution in [2.45, 2.75) is 39.3 Å². The summed E-state index contributed by atoms with van der Waals surface area (Å²) in [5.74, 6) is 6.81. The highest BCUT2D eigenvalue weighted by Crippen LogP contribution is 2.16. The fraction of sp³-hybridized carbons (Fsp3) is 0.265. The summed E-state index contributed by atoms with van der Waals surface area (Å²) in [4.78, 5) is 41.6. The Hall–Kier alpha value is -4.87. The van der Waals surface area contributed by atoms with Gasteiger partial charge in [-0.3, -0.25) is 19.3 Å². The summed E-state index contributed by atoms with van der Waals surface area (Å²) in [7, 11) is 5.91. The zero-order valence-corrected chi connectivity index (χ0v) is 24.5. The van der Waals surface area contributed by atoms with Crippen molar-refractivity contribution < 1.29 is 4.79 Å². The number of ketones is 1. The molecule has 3 aromatic heterocycles. The van der Waals surface area contributed by atoms with Crippen molar-refractivity contribution in [3.05, 3.63) is 123 Å². The minimum atomic E-state index is -0.285. The molecule has 8 heteroatoms. The number of hydrogen-bond donors (Lipinski definition) is 0. The Morgan fingerprint density at radius 3 is 2.52 bits per heavy atom. The highest BCUT2D eigenvalue weighted by atomic mass is 16.2. The third kappa shape index (κ3) is 6.70. The van der Waals surface area contributed by atoms with Crippen LogP contribution >= 0.6 is 0 Å². The first kappa shape index (κ1) is 28.7. The van der Waals surface area contributed by atoms with E-state index in [1.807, 2.05) is 36.5 Å². The van der Waals surface area contributed by atoms with Crippen LogP contribution in [0.5, 0.6) is 0 Å². The summed E-state index contributed by atoms with van der Waals surface area (Å²) in [6.07, 6.45) is 6.45. The molecule has 0 fully saturated rings. The molecule has 0 unspecified atom stereocenters. The molecule has 0 bridgehead atoms. The van der Waals surface area contributed by atoms with E-state index >= 15 is 0 Å². The summed E-state index contributed by atoms with van der Waals surface area (Å²) in [5, 5.41) is 0.914. The molecule has 0 aliphatic rings. The van der Waals surface area contributed by atoms with E-state index in [-0.39, 0.29) is 23.3 Å². The van der Waals surface area contributed by atoms with Gasteiger partial charge in [0.05, 0.1) is 12.1 Å². The van der Waals surface area contributed by atoms with Crippen LogP contribution in [0, 0.1) is 18.8 Å². The number of carbonyl (C=O) groups is 1. The highest BCUT2D eigenvalue weighted by molar-refractivity contribution is 5.97. The van der Waals surface area contributed by atoms with Gasteiger partial charge >= 0.3 is 0 Å². The van der Waals surface area contributed by atoms with Crippen molar-refractivity contribution in [1.82, 2.24) is 29.2 Å². The fourth-order valence-corrected chi connectivity index (χ4v) is 4.94. The van der Waals surface area contributed by atoms with E-state index in [0.717, 1.165) is 34.4 Å². The number of benzene rings is 2. The number of hydrogen-bond acceptors (Lipinski definition) is 6. The molecule has 0 spiro atoms. The number of pyridine rings is 1. The van der Waals surface area contributed by atoms with Crippen LogP contribution in [0.25, 0.3) is 10.9 Å². The van der Waals surface area contributed by atoms with Gasteiger partial charge in [0.15, 0.2) is 5.78 Å². The van der Waals surface area contributed by atoms with E-state index in [9.17, 15) is 9.59 Å². The molecule has 2 aromatic carbocycles. The Bertz CT molecular complexity index is 1840. The predicted molar refractivity (Wildman–Crippen MR) is 164 cm³/mol. The molecule has 0 N–H and O–H groups in total. The molecule has 0 saturated heterocycles. The number of nitrogens with zero attached hydrogens (tertiary/aromatic N) is 6. The smallest absolute Gasteiger partial charge is 0.278 e. The van der Waals surface area contributed by atoms with E-state index in [0.29, 0.717) is 25.1 Å². The van der Waals surface area contributed by atoms with Crippen LogP contribution < -0.4 is 5.56 Å². The van der Waals surface area contributed by atoms with E-state index in [2.05, 4.69) is 65.1 Å². The summed E-state index contributed by atoms with van der Waals surface area (Å²) in [6.45, 7) is 3.06. The molecule has 0 atom stereocenters. The van der Waals surface area contributed by atoms with E-state index in [1.54, 1.807) is 35.7 Å². The molecule has 8 nitrogen and oxygen atoms in total. The Labute approximate surface area is 245 Å². The van der Waals surface area contributed by atoms with Crippen molar-refractivity contribution in [3.63, 3.8) is 0 Å². The molecule has 0 aliphatic heterocycles. The molecular formula is C34H34N6O2. The second kappa shape index (κ2) is 12.8. The lowest BCUT2D eigenvalue weighted by atomic mass is 10.1. The summed E-state index contributed by atoms with van der Waals surface area (Å²) >= 11 is 0. The minimum absolute atomic E-state index is 0.177. The van der Waals surface area contributed by atoms with Crippen LogP contribution in [0.4, 0.5) is 0 Å². The average molecular weight is 559 g/mol. The fourth-order valence-electron chi connectivity index (χ4n) is 4.94. The molecule has 5 aromatic rings. The van der Waals surface area contributed by atoms with Crippen LogP contribution in [-0.2, 0) is 26.6 Å². The van der Waals surface area contributed by atoms with Crippen LogP contribution in [0.1, 0.15) is 57.0 Å². The number of rotatable bonds is 9. The molecule has 3 heterocycles. The van der Waals surface area contributed by atoms with Crippen molar-refractivity contribution in [2.75, 3.05) is 14.1 Å². The lowest BCUT2D eigenvalue weighted by Gasteiger charge is -2.10. The standard InChI is InChI=1S/C34H34N6O2/c1-24-33(34(42)40(39(24)4)23-28-9-7-17-35-20-28)31(41)10-6-5-8-25-15-16-30-29(18-25)21-36-32(37-30)19-26-11-13-27(14-12-26)22-38(2)3/h7,9,11-18,20-21H,6,10,19,22-23H2,1-4H3. The lowest BCUT2D eigenvalue weighted by molar-refractivity contribution is 0.0982. The number of aromatic nitrogens is 5. The third-order valence-electron chi connectivity index (χ3n) is 7.22. The normalized spacial score (nSPS) is 11.1. The van der Waals surface area contributed by atoms with Gasteiger partial charge in [0.1, 0.15) is 11.4 Å². The monoisotopic (exact) mass is 558 g/mol. The minimum Gasteiger partial charge on any atom is -0.305 e. The second-order valence-corrected chi connectivity index (χ2v) is 10.7. The zero-order valence-electron chi connectivity index (χ0n) is 24.5. The zero-order chi connectivity index (χ0) is 29.6. The predicted octanol–water partition coefficient (Wildman–Crippen LogP) is 4.55. The quantitative estimate of drug-likeness (QED) is 0.195. The largest absolute Gasteiger partial charge is 0.305 e. The van der Waals surface area contributed by atoms with Gasteiger partial charge in [-0.1, -0.05) is 42.2 Å². The maximum absolute atomic E-state index is 13.1. The topological polar surface area (TPSA) is 85.9 Å². The van der Waals surface area contributed by atoms with Gasteiger partial charge in [0, 0.05) is 68.1 Å². The lowest BCUT2D eigenvalue weighted by Crippen LogP contribution is -2.24. The Morgan fingerprint density at radius 1 is 1.00 bits per heavy atom. The summed E-state index contributed by atoms with van der Waals surface area (Å²) in [5.41, 5.74) is 5.64. The number of carbonyl (C=O) groups excluding carboxylic acids is 1. The van der Waals surface area contributed by atoms with Gasteiger partial charge in [-0.05, 0) is 62.0 Å². The van der Waals surface area contributed by atoms with Crippen molar-refractivity contribution in [1.29, 1.82) is 0 Å². The van der Waals surface area contributed by atoms with E-state index in [1.165, 1.54) is 11.1 Å². The van der Waals surface area contributed by atoms with Crippen LogP contribution in [0.15, 0.2) is 78.0 Å². The summed E-state index contributed by atoms with van der Waals surface area (Å²) < 4.78 is 3.30. The SMILES string of the molecule is Cc1c(C(=O)CCC#Cc2ccc3nc(Cc4ccc(CN(C)C)cc4)ncc3c2)c(=O)n(Cc2cccnc2)n1C. The van der Waals surface area contributed by atoms with Crippen LogP contribution in [0.2, 0.25) is 0 Å². The van der Waals surface area contributed by atoms with Crippen LogP contribution in [0.3, 0.4) is 0 Å². The number of fused-ring (bicyclic) bond motifs is 1. The Morgan fingerprint density at radius 2 is 1.79 bits per heavy atom. The van der Waals surface area contributed by atoms with Crippen molar-refractivity contribution in [3.8, 4) is 11.8 Å². The van der Waals surface area contributed by atoms with E-state index < -0.39 is 0 Å². The third-order valence-corrected chi connectivity index (χ3v) is 7.22. The first-order chi connectivity index (χ1) is 20.3. The van der Waals surface area contributed by atoms with Gasteiger partial charge in [-0.25, -0.2) is 14.6 Å². The van der Waals surface area contributed by atoms with Gasteiger partial charge < -0.3 is 4.90 Å². The van der Waals surface area contributed by atoms with Gasteiger partial charge in [-0.2, -0.15) is 0 Å². The second-order valence-electron chi connectivity index (χ2n) is 10.7. The first-order valence-corrected chi connectivity index (χ1v) is 13.9. The molecule has 5 rings (SSSR count). The molecule has 0 aliphatic carbocycles. The van der Waals surface area contributed by atoms with Crippen molar-refractivity contribution in [2.24, 2.45) is 7.05 Å². The molecule has 0 amide bonds. The number of Topliss-reactive ketones (excluding diaryl/α,β-unsaturated/α-hetero) is 1. The molecule has 42 heavy (non-hydrogen) atoms. The van der Waals surface area contributed by atoms with Crippen molar-refractivity contribution >= 4 is 16.7 Å². The summed E-state index contributed by atoms with van der Waals surface area (Å²) in [6, 6.07) is 18.1. The Kier molecular flexibility index (Phi) is 8.70. The molecule has 0 saturated carbocycles. The maximum Gasteiger partial charge on any atom is 0.278 e.